The number of thioether (sulfide) groups is 1. The van der Waals surface area contributed by atoms with E-state index in [1.54, 1.807) is 0 Å². The third-order valence-corrected chi connectivity index (χ3v) is 5.13. The predicted molar refractivity (Wildman–Crippen MR) is 84.7 cm³/mol. The molecule has 1 saturated heterocycles. The van der Waals surface area contributed by atoms with Crippen molar-refractivity contribution in [3.05, 3.63) is 29.8 Å². The number of aryl methyl sites for hydroxylation is 1. The first-order valence-electron chi connectivity index (χ1n) is 7.34. The highest BCUT2D eigenvalue weighted by Crippen LogP contribution is 2.24. The summed E-state index contributed by atoms with van der Waals surface area (Å²) < 4.78 is 0. The first-order chi connectivity index (χ1) is 9.20. The Balaban J connectivity index is 1.79. The third kappa shape index (κ3) is 4.23. The molecule has 1 fully saturated rings. The molecule has 1 aliphatic heterocycles. The maximum absolute atomic E-state index is 5.94. The van der Waals surface area contributed by atoms with E-state index in [1.165, 1.54) is 29.8 Å². The lowest BCUT2D eigenvalue weighted by Gasteiger charge is -2.39. The molecule has 0 bridgehead atoms. The molecule has 1 aromatic rings. The molecular weight excluding hydrogens is 252 g/mol. The van der Waals surface area contributed by atoms with Gasteiger partial charge < -0.3 is 5.73 Å². The number of hydrogen-bond donors (Lipinski definition) is 1. The van der Waals surface area contributed by atoms with Crippen LogP contribution in [0.5, 0.6) is 0 Å². The van der Waals surface area contributed by atoms with Gasteiger partial charge in [-0.15, -0.1) is 11.8 Å². The fourth-order valence-corrected chi connectivity index (χ4v) is 3.80. The lowest BCUT2D eigenvalue weighted by atomic mass is 9.91. The lowest BCUT2D eigenvalue weighted by molar-refractivity contribution is 0.114. The van der Waals surface area contributed by atoms with E-state index in [0.717, 1.165) is 24.8 Å². The first kappa shape index (κ1) is 14.9. The Morgan fingerprint density at radius 1 is 1.32 bits per heavy atom. The zero-order chi connectivity index (χ0) is 13.7. The van der Waals surface area contributed by atoms with E-state index in [0.29, 0.717) is 6.04 Å². The largest absolute Gasteiger partial charge is 0.329 e. The molecule has 0 radical (unpaired) electrons. The standard InChI is InChI=1S/C16H26N2S/c1-13-5-7-15(8-6-13)19-11-10-18-9-3-4-14(2)16(18)12-17/h5-8,14,16H,3-4,9-12,17H2,1-2H3. The van der Waals surface area contributed by atoms with E-state index in [9.17, 15) is 0 Å². The van der Waals surface area contributed by atoms with Crippen molar-refractivity contribution in [2.45, 2.75) is 37.6 Å². The van der Waals surface area contributed by atoms with Crippen LogP contribution in [-0.2, 0) is 0 Å². The number of rotatable bonds is 5. The quantitative estimate of drug-likeness (QED) is 0.839. The molecule has 2 rings (SSSR count). The topological polar surface area (TPSA) is 29.3 Å². The zero-order valence-corrected chi connectivity index (χ0v) is 13.0. The van der Waals surface area contributed by atoms with E-state index in [-0.39, 0.29) is 0 Å². The molecule has 2 N–H and O–H groups in total. The molecule has 2 unspecified atom stereocenters. The second-order valence-corrected chi connectivity index (χ2v) is 6.79. The van der Waals surface area contributed by atoms with E-state index in [1.807, 2.05) is 11.8 Å². The summed E-state index contributed by atoms with van der Waals surface area (Å²) in [6, 6.07) is 9.41. The Morgan fingerprint density at radius 2 is 2.05 bits per heavy atom. The minimum Gasteiger partial charge on any atom is -0.329 e. The number of benzene rings is 1. The highest BCUT2D eigenvalue weighted by atomic mass is 32.2. The van der Waals surface area contributed by atoms with Crippen LogP contribution in [0.3, 0.4) is 0 Å². The molecule has 0 aromatic heterocycles. The summed E-state index contributed by atoms with van der Waals surface area (Å²) in [6.07, 6.45) is 2.66. The van der Waals surface area contributed by atoms with Crippen molar-refractivity contribution in [1.82, 2.24) is 4.90 Å². The van der Waals surface area contributed by atoms with Crippen molar-refractivity contribution in [2.75, 3.05) is 25.4 Å². The molecule has 0 aliphatic carbocycles. The Morgan fingerprint density at radius 3 is 2.74 bits per heavy atom. The van der Waals surface area contributed by atoms with Gasteiger partial charge in [0.25, 0.3) is 0 Å². The van der Waals surface area contributed by atoms with Crippen LogP contribution >= 0.6 is 11.8 Å². The normalized spacial score (nSPS) is 24.6. The fourth-order valence-electron chi connectivity index (χ4n) is 2.91. The van der Waals surface area contributed by atoms with Crippen LogP contribution in [0, 0.1) is 12.8 Å². The number of nitrogens with zero attached hydrogens (tertiary/aromatic N) is 1. The Kier molecular flexibility index (Phi) is 5.74. The number of piperidine rings is 1. The molecule has 0 amide bonds. The van der Waals surface area contributed by atoms with Crippen LogP contribution in [0.4, 0.5) is 0 Å². The van der Waals surface area contributed by atoms with Gasteiger partial charge in [-0.25, -0.2) is 0 Å². The van der Waals surface area contributed by atoms with Gasteiger partial charge in [0.1, 0.15) is 0 Å². The molecule has 0 spiro atoms. The van der Waals surface area contributed by atoms with Gasteiger partial charge in [-0.1, -0.05) is 24.6 Å². The Hall–Kier alpha value is -0.510. The Bertz CT molecular complexity index is 377. The maximum Gasteiger partial charge on any atom is 0.0244 e. The number of likely N-dealkylation sites (tertiary alicyclic amines) is 1. The summed E-state index contributed by atoms with van der Waals surface area (Å²) in [4.78, 5) is 3.97. The van der Waals surface area contributed by atoms with E-state index >= 15 is 0 Å². The van der Waals surface area contributed by atoms with Crippen molar-refractivity contribution >= 4 is 11.8 Å². The van der Waals surface area contributed by atoms with Gasteiger partial charge in [0, 0.05) is 29.8 Å². The van der Waals surface area contributed by atoms with E-state index in [4.69, 9.17) is 5.73 Å². The first-order valence-corrected chi connectivity index (χ1v) is 8.33. The van der Waals surface area contributed by atoms with Crippen molar-refractivity contribution in [2.24, 2.45) is 11.7 Å². The van der Waals surface area contributed by atoms with Crippen LogP contribution < -0.4 is 5.73 Å². The molecule has 3 heteroatoms. The van der Waals surface area contributed by atoms with E-state index in [2.05, 4.69) is 43.0 Å². The van der Waals surface area contributed by atoms with Crippen LogP contribution in [0.2, 0.25) is 0 Å². The second-order valence-electron chi connectivity index (χ2n) is 5.62. The van der Waals surface area contributed by atoms with Crippen molar-refractivity contribution in [1.29, 1.82) is 0 Å². The van der Waals surface area contributed by atoms with Gasteiger partial charge >= 0.3 is 0 Å². The molecule has 2 atom stereocenters. The van der Waals surface area contributed by atoms with E-state index < -0.39 is 0 Å². The summed E-state index contributed by atoms with van der Waals surface area (Å²) in [7, 11) is 0. The summed E-state index contributed by atoms with van der Waals surface area (Å²) in [6.45, 7) is 7.66. The van der Waals surface area contributed by atoms with Crippen molar-refractivity contribution in [3.63, 3.8) is 0 Å². The predicted octanol–water partition coefficient (Wildman–Crippen LogP) is 3.15. The second kappa shape index (κ2) is 7.32. The molecule has 1 heterocycles. The van der Waals surface area contributed by atoms with Gasteiger partial charge in [0.15, 0.2) is 0 Å². The van der Waals surface area contributed by atoms with Crippen LogP contribution in [0.15, 0.2) is 29.2 Å². The monoisotopic (exact) mass is 278 g/mol. The van der Waals surface area contributed by atoms with Gasteiger partial charge in [0.05, 0.1) is 0 Å². The average Bonchev–Trinajstić information content (AvgIpc) is 2.41. The number of hydrogen-bond acceptors (Lipinski definition) is 3. The maximum atomic E-state index is 5.94. The molecule has 1 aromatic carbocycles. The van der Waals surface area contributed by atoms with Gasteiger partial charge in [-0.3, -0.25) is 4.90 Å². The van der Waals surface area contributed by atoms with Crippen molar-refractivity contribution < 1.29 is 0 Å². The number of nitrogens with two attached hydrogens (primary N) is 1. The summed E-state index contributed by atoms with van der Waals surface area (Å²) in [5.41, 5.74) is 7.27. The highest BCUT2D eigenvalue weighted by molar-refractivity contribution is 7.99. The highest BCUT2D eigenvalue weighted by Gasteiger charge is 2.26. The lowest BCUT2D eigenvalue weighted by Crippen LogP contribution is -2.49. The molecule has 0 saturated carbocycles. The van der Waals surface area contributed by atoms with Crippen molar-refractivity contribution in [3.8, 4) is 0 Å². The minimum atomic E-state index is 0.590. The summed E-state index contributed by atoms with van der Waals surface area (Å²) in [5, 5.41) is 0. The smallest absolute Gasteiger partial charge is 0.0244 e. The SMILES string of the molecule is Cc1ccc(SCCN2CCCC(C)C2CN)cc1. The third-order valence-electron chi connectivity index (χ3n) is 4.14. The summed E-state index contributed by atoms with van der Waals surface area (Å²) in [5.74, 6) is 1.91. The Labute approximate surface area is 121 Å². The molecular formula is C16H26N2S. The zero-order valence-electron chi connectivity index (χ0n) is 12.1. The minimum absolute atomic E-state index is 0.590. The molecule has 1 aliphatic rings. The average molecular weight is 278 g/mol. The van der Waals surface area contributed by atoms with Gasteiger partial charge in [0.2, 0.25) is 0 Å². The van der Waals surface area contributed by atoms with Crippen LogP contribution in [0.1, 0.15) is 25.3 Å². The van der Waals surface area contributed by atoms with Gasteiger partial charge in [-0.05, 0) is 44.4 Å². The molecule has 106 valence electrons. The van der Waals surface area contributed by atoms with Crippen LogP contribution in [0.25, 0.3) is 0 Å². The fraction of sp³-hybridized carbons (Fsp3) is 0.625. The van der Waals surface area contributed by atoms with Crippen LogP contribution in [-0.4, -0.2) is 36.3 Å². The van der Waals surface area contributed by atoms with Gasteiger partial charge in [-0.2, -0.15) is 0 Å². The molecule has 19 heavy (non-hydrogen) atoms. The summed E-state index contributed by atoms with van der Waals surface area (Å²) >= 11 is 1.95. The molecule has 2 nitrogen and oxygen atoms in total.